The molecule has 0 aromatic carbocycles. The Kier molecular flexibility index (Phi) is 8.73. The van der Waals surface area contributed by atoms with Crippen molar-refractivity contribution < 1.29 is 72.4 Å². The molecular weight excluding hydrogens is 542 g/mol. The Hall–Kier alpha value is -1.38. The number of rotatable bonds is 9. The van der Waals surface area contributed by atoms with E-state index in [-0.39, 0.29) is 0 Å². The van der Waals surface area contributed by atoms with Crippen LogP contribution < -0.4 is 11.2 Å². The number of aromatic amines is 1. The monoisotopic (exact) mass is 566 g/mol. The molecule has 0 radical (unpaired) electrons. The molecule has 2 aliphatic heterocycles. The molecular formula is C15H24N2O17P2. The van der Waals surface area contributed by atoms with Gasteiger partial charge in [0.1, 0.15) is 36.6 Å². The van der Waals surface area contributed by atoms with Crippen molar-refractivity contribution in [1.82, 2.24) is 9.55 Å². The van der Waals surface area contributed by atoms with E-state index in [1.54, 1.807) is 0 Å². The Balaban J connectivity index is 1.65. The van der Waals surface area contributed by atoms with Gasteiger partial charge in [-0.25, -0.2) is 13.9 Å². The predicted molar refractivity (Wildman–Crippen MR) is 109 cm³/mol. The van der Waals surface area contributed by atoms with Crippen molar-refractivity contribution in [2.45, 2.75) is 68.5 Å². The highest BCUT2D eigenvalue weighted by Crippen LogP contribution is 2.62. The smallest absolute Gasteiger partial charge is 0.391 e. The lowest BCUT2D eigenvalue weighted by molar-refractivity contribution is -0.162. The van der Waals surface area contributed by atoms with Gasteiger partial charge in [-0.05, 0) is 6.92 Å². The van der Waals surface area contributed by atoms with Crippen molar-refractivity contribution >= 4 is 15.6 Å². The lowest BCUT2D eigenvalue weighted by atomic mass is 10.1. The summed E-state index contributed by atoms with van der Waals surface area (Å²) in [6.07, 6.45) is -18.0. The molecule has 1 aromatic rings. The number of phosphoric acid groups is 2. The molecule has 0 spiro atoms. The number of aromatic nitrogens is 2. The molecule has 1 aromatic heterocycles. The molecule has 206 valence electrons. The van der Waals surface area contributed by atoms with Crippen LogP contribution in [0.2, 0.25) is 0 Å². The van der Waals surface area contributed by atoms with Gasteiger partial charge >= 0.3 is 21.3 Å². The molecule has 0 saturated carbocycles. The number of hydrogen-bond acceptors (Lipinski definition) is 15. The molecule has 0 aliphatic carbocycles. The van der Waals surface area contributed by atoms with Gasteiger partial charge < -0.3 is 49.9 Å². The summed E-state index contributed by atoms with van der Waals surface area (Å²) in [5.74, 6) is 0. The standard InChI is InChI=1S/C15H24N2O17P2/c1-4(18)10-7(21)9(23)14(31-10)33-36(28,29)34-35(26,27)32-13(24)11-6(20)8(22)12(30-11)17-3-2-5(19)16-15(17)25/h2-4,6-14,18,20-24H,1H3,(H,26,27)(H,28,29)(H,16,19,25)/t4-,6+,7-,8-,9-,10+,11+,12-,13?,14-/m1/s1. The summed E-state index contributed by atoms with van der Waals surface area (Å²) in [6, 6.07) is 0.881. The Morgan fingerprint density at radius 2 is 1.58 bits per heavy atom. The molecule has 2 saturated heterocycles. The molecule has 21 heteroatoms. The van der Waals surface area contributed by atoms with E-state index in [0.717, 1.165) is 12.3 Å². The fourth-order valence-electron chi connectivity index (χ4n) is 3.43. The number of nitrogens with zero attached hydrogens (tertiary/aromatic N) is 1. The van der Waals surface area contributed by atoms with Crippen LogP contribution in [0.1, 0.15) is 13.2 Å². The Morgan fingerprint density at radius 3 is 2.14 bits per heavy atom. The SMILES string of the molecule is C[C@@H](O)[C@@H]1O[C@H](OP(=O)(O)OP(=O)(O)OC(O)[C@H]2O[C@@H](n3ccc(=O)[nH]c3=O)[C@H](O)[C@@H]2O)[C@H](O)[C@H]1O. The fraction of sp³-hybridized carbons (Fsp3) is 0.733. The summed E-state index contributed by atoms with van der Waals surface area (Å²) in [5.41, 5.74) is -1.85. The predicted octanol–water partition coefficient (Wildman–Crippen LogP) is -4.45. The van der Waals surface area contributed by atoms with Crippen LogP contribution in [0, 0.1) is 0 Å². The second-order valence-electron chi connectivity index (χ2n) is 7.80. The van der Waals surface area contributed by atoms with E-state index in [9.17, 15) is 59.1 Å². The van der Waals surface area contributed by atoms with Crippen LogP contribution in [0.3, 0.4) is 0 Å². The quantitative estimate of drug-likeness (QED) is 0.101. The van der Waals surface area contributed by atoms with Crippen LogP contribution >= 0.6 is 15.6 Å². The first-order valence-electron chi connectivity index (χ1n) is 9.97. The van der Waals surface area contributed by atoms with E-state index in [2.05, 4.69) is 13.4 Å². The van der Waals surface area contributed by atoms with Crippen molar-refractivity contribution in [3.63, 3.8) is 0 Å². The Labute approximate surface area is 199 Å². The van der Waals surface area contributed by atoms with Crippen LogP contribution in [0.5, 0.6) is 0 Å². The van der Waals surface area contributed by atoms with Gasteiger partial charge in [-0.3, -0.25) is 23.4 Å². The van der Waals surface area contributed by atoms with Gasteiger partial charge in [0.2, 0.25) is 0 Å². The highest BCUT2D eigenvalue weighted by Gasteiger charge is 2.52. The van der Waals surface area contributed by atoms with Crippen LogP contribution in [0.15, 0.2) is 21.9 Å². The lowest BCUT2D eigenvalue weighted by Crippen LogP contribution is -2.40. The average Bonchev–Trinajstić information content (AvgIpc) is 3.17. The minimum atomic E-state index is -5.73. The molecule has 2 aliphatic rings. The fourth-order valence-corrected chi connectivity index (χ4v) is 5.61. The Bertz CT molecular complexity index is 1140. The van der Waals surface area contributed by atoms with Gasteiger partial charge in [0, 0.05) is 12.3 Å². The van der Waals surface area contributed by atoms with Gasteiger partial charge in [-0.1, -0.05) is 0 Å². The molecule has 9 N–H and O–H groups in total. The van der Waals surface area contributed by atoms with Crippen molar-refractivity contribution in [1.29, 1.82) is 0 Å². The molecule has 0 bridgehead atoms. The van der Waals surface area contributed by atoms with Crippen molar-refractivity contribution in [2.24, 2.45) is 0 Å². The summed E-state index contributed by atoms with van der Waals surface area (Å²) in [7, 11) is -11.4. The largest absolute Gasteiger partial charge is 0.483 e. The molecule has 36 heavy (non-hydrogen) atoms. The topological polar surface area (TPSA) is 297 Å². The van der Waals surface area contributed by atoms with Crippen molar-refractivity contribution in [2.75, 3.05) is 0 Å². The van der Waals surface area contributed by atoms with Crippen LogP contribution in [0.25, 0.3) is 0 Å². The second kappa shape index (κ2) is 10.8. The highest BCUT2D eigenvalue weighted by atomic mass is 31.3. The minimum Gasteiger partial charge on any atom is -0.391 e. The number of aliphatic hydroxyl groups is 6. The van der Waals surface area contributed by atoms with E-state index >= 15 is 0 Å². The van der Waals surface area contributed by atoms with Crippen LogP contribution in [-0.2, 0) is 32.0 Å². The summed E-state index contributed by atoms with van der Waals surface area (Å²) in [5, 5.41) is 59.4. The van der Waals surface area contributed by atoms with Crippen molar-refractivity contribution in [3.8, 4) is 0 Å². The van der Waals surface area contributed by atoms with Gasteiger partial charge in [0.05, 0.1) is 6.10 Å². The van der Waals surface area contributed by atoms with Gasteiger partial charge in [-0.2, -0.15) is 4.31 Å². The maximum absolute atomic E-state index is 12.2. The maximum atomic E-state index is 12.2. The first kappa shape index (κ1) is 29.2. The first-order chi connectivity index (χ1) is 16.5. The Morgan fingerprint density at radius 1 is 0.972 bits per heavy atom. The summed E-state index contributed by atoms with van der Waals surface area (Å²) in [6.45, 7) is 1.17. The van der Waals surface area contributed by atoms with Gasteiger partial charge in [0.15, 0.2) is 18.8 Å². The van der Waals surface area contributed by atoms with Gasteiger partial charge in [-0.15, -0.1) is 0 Å². The summed E-state index contributed by atoms with van der Waals surface area (Å²) >= 11 is 0. The van der Waals surface area contributed by atoms with E-state index in [4.69, 9.17) is 9.47 Å². The zero-order chi connectivity index (χ0) is 27.2. The molecule has 0 amide bonds. The minimum absolute atomic E-state index is 0.634. The number of nitrogens with one attached hydrogen (secondary N) is 1. The first-order valence-corrected chi connectivity index (χ1v) is 13.0. The number of phosphoric ester groups is 2. The zero-order valence-corrected chi connectivity index (χ0v) is 19.8. The highest BCUT2D eigenvalue weighted by molar-refractivity contribution is 7.61. The van der Waals surface area contributed by atoms with Crippen LogP contribution in [-0.4, -0.2) is 105 Å². The summed E-state index contributed by atoms with van der Waals surface area (Å²) < 4.78 is 47.6. The molecule has 3 unspecified atom stereocenters. The molecule has 19 nitrogen and oxygen atoms in total. The van der Waals surface area contributed by atoms with E-state index in [1.807, 2.05) is 4.98 Å². The van der Waals surface area contributed by atoms with E-state index < -0.39 is 88.4 Å². The van der Waals surface area contributed by atoms with Crippen molar-refractivity contribution in [3.05, 3.63) is 33.1 Å². The number of hydrogen-bond donors (Lipinski definition) is 9. The third-order valence-electron chi connectivity index (χ3n) is 5.10. The lowest BCUT2D eigenvalue weighted by Gasteiger charge is -2.24. The normalized spacial score (nSPS) is 37.8. The second-order valence-corrected chi connectivity index (χ2v) is 10.7. The summed E-state index contributed by atoms with van der Waals surface area (Å²) in [4.78, 5) is 44.5. The van der Waals surface area contributed by atoms with E-state index in [0.29, 0.717) is 4.57 Å². The van der Waals surface area contributed by atoms with Crippen LogP contribution in [0.4, 0.5) is 0 Å². The maximum Gasteiger partial charge on any atom is 0.483 e. The molecule has 3 heterocycles. The molecule has 12 atom stereocenters. The average molecular weight is 566 g/mol. The number of ether oxygens (including phenoxy) is 2. The number of H-pyrrole nitrogens is 1. The van der Waals surface area contributed by atoms with E-state index in [1.165, 1.54) is 6.92 Å². The van der Waals surface area contributed by atoms with Gasteiger partial charge in [0.25, 0.3) is 5.56 Å². The molecule has 3 rings (SSSR count). The third-order valence-corrected chi connectivity index (χ3v) is 7.71. The third kappa shape index (κ3) is 6.36. The molecule has 2 fully saturated rings. The number of aliphatic hydroxyl groups excluding tert-OH is 6. The zero-order valence-electron chi connectivity index (χ0n) is 18.0.